The molecule has 1 saturated heterocycles. The van der Waals surface area contributed by atoms with Crippen molar-refractivity contribution in [3.63, 3.8) is 0 Å². The Morgan fingerprint density at radius 2 is 1.74 bits per heavy atom. The normalized spacial score (nSPS) is 16.0. The van der Waals surface area contributed by atoms with Gasteiger partial charge in [0.25, 0.3) is 0 Å². The van der Waals surface area contributed by atoms with E-state index in [2.05, 4.69) is 9.72 Å². The summed E-state index contributed by atoms with van der Waals surface area (Å²) in [6.45, 7) is 6.25. The average Bonchev–Trinajstić information content (AvgIpc) is 3.14. The van der Waals surface area contributed by atoms with Crippen LogP contribution in [0.3, 0.4) is 0 Å². The third kappa shape index (κ3) is 7.97. The third-order valence-corrected chi connectivity index (χ3v) is 6.37. The van der Waals surface area contributed by atoms with Crippen LogP contribution >= 0.6 is 23.1 Å². The number of halogens is 6. The van der Waals surface area contributed by atoms with Crippen molar-refractivity contribution >= 4 is 29.2 Å². The van der Waals surface area contributed by atoms with Crippen LogP contribution in [0.4, 0.5) is 31.1 Å². The number of nitrogens with zero attached hydrogens (tertiary/aromatic N) is 2. The number of hydrogen-bond acceptors (Lipinski definition) is 6. The molecule has 0 radical (unpaired) electrons. The van der Waals surface area contributed by atoms with Crippen molar-refractivity contribution in [1.82, 2.24) is 9.88 Å². The Morgan fingerprint density at radius 1 is 1.09 bits per heavy atom. The smallest absolute Gasteiger partial charge is 0.444 e. The van der Waals surface area contributed by atoms with Gasteiger partial charge in [-0.15, -0.1) is 24.5 Å². The Labute approximate surface area is 200 Å². The summed E-state index contributed by atoms with van der Waals surface area (Å²) in [5, 5.41) is 2.29. The minimum absolute atomic E-state index is 0.0102. The lowest BCUT2D eigenvalue weighted by atomic mass is 9.98. The van der Waals surface area contributed by atoms with Gasteiger partial charge in [-0.05, 0) is 63.6 Å². The molecule has 1 fully saturated rings. The summed E-state index contributed by atoms with van der Waals surface area (Å²) >= 11 is 0.741. The minimum Gasteiger partial charge on any atom is -0.444 e. The first-order chi connectivity index (χ1) is 15.6. The summed E-state index contributed by atoms with van der Waals surface area (Å²) in [5.41, 5.74) is -4.94. The molecule has 0 aliphatic carbocycles. The van der Waals surface area contributed by atoms with E-state index >= 15 is 0 Å². The van der Waals surface area contributed by atoms with E-state index in [-0.39, 0.29) is 17.2 Å². The first kappa shape index (κ1) is 26.5. The maximum atomic E-state index is 12.8. The number of thiazole rings is 1. The molecule has 0 bridgehead atoms. The van der Waals surface area contributed by atoms with Crippen LogP contribution in [0.5, 0.6) is 5.75 Å². The Morgan fingerprint density at radius 3 is 2.29 bits per heavy atom. The highest BCUT2D eigenvalue weighted by Crippen LogP contribution is 2.42. The topological polar surface area (TPSA) is 51.7 Å². The van der Waals surface area contributed by atoms with Gasteiger partial charge < -0.3 is 14.4 Å². The number of piperidine rings is 1. The second-order valence-corrected chi connectivity index (χ2v) is 10.6. The fourth-order valence-corrected chi connectivity index (χ4v) is 4.98. The molecule has 0 unspecified atom stereocenters. The van der Waals surface area contributed by atoms with Crippen LogP contribution in [0.25, 0.3) is 11.3 Å². The average molecular weight is 529 g/mol. The zero-order chi connectivity index (χ0) is 25.3. The first-order valence-electron chi connectivity index (χ1n) is 10.2. The Bertz CT molecular complexity index is 975. The summed E-state index contributed by atoms with van der Waals surface area (Å²) in [4.78, 5) is 17.9. The van der Waals surface area contributed by atoms with Crippen LogP contribution in [0.1, 0.15) is 44.5 Å². The number of aromatic nitrogens is 1. The van der Waals surface area contributed by atoms with Crippen LogP contribution < -0.4 is 4.74 Å². The minimum atomic E-state index is -5.05. The molecule has 2 heterocycles. The van der Waals surface area contributed by atoms with Gasteiger partial charge in [-0.1, -0.05) is 0 Å². The number of carbonyl (C=O) groups excluding carboxylic acids is 1. The molecule has 188 valence electrons. The van der Waals surface area contributed by atoms with E-state index in [9.17, 15) is 31.1 Å². The number of thioether (sulfide) groups is 1. The van der Waals surface area contributed by atoms with Crippen molar-refractivity contribution in [2.24, 2.45) is 0 Å². The first-order valence-corrected chi connectivity index (χ1v) is 11.9. The Balaban J connectivity index is 1.76. The van der Waals surface area contributed by atoms with E-state index in [1.54, 1.807) is 31.1 Å². The van der Waals surface area contributed by atoms with Crippen molar-refractivity contribution in [2.75, 3.05) is 13.1 Å². The van der Waals surface area contributed by atoms with Gasteiger partial charge in [0.05, 0.1) is 10.7 Å². The molecule has 0 spiro atoms. The maximum absolute atomic E-state index is 12.8. The van der Waals surface area contributed by atoms with E-state index < -0.39 is 46.0 Å². The lowest BCUT2D eigenvalue weighted by molar-refractivity contribution is -0.274. The lowest BCUT2D eigenvalue weighted by Gasteiger charge is -2.32. The number of hydrogen-bond donors (Lipinski definition) is 0. The number of likely N-dealkylation sites (tertiary alicyclic amines) is 1. The Hall–Kier alpha value is -2.15. The highest BCUT2D eigenvalue weighted by molar-refractivity contribution is 8.00. The lowest BCUT2D eigenvalue weighted by Crippen LogP contribution is -2.41. The fraction of sp³-hybridized carbons (Fsp3) is 0.524. The highest BCUT2D eigenvalue weighted by atomic mass is 32.2. The number of benzene rings is 1. The number of alkyl halides is 6. The van der Waals surface area contributed by atoms with E-state index in [0.717, 1.165) is 12.1 Å². The number of carbonyl (C=O) groups is 1. The molecule has 1 aliphatic rings. The quantitative estimate of drug-likeness (QED) is 0.305. The van der Waals surface area contributed by atoms with E-state index in [4.69, 9.17) is 4.74 Å². The van der Waals surface area contributed by atoms with E-state index in [1.165, 1.54) is 11.3 Å². The van der Waals surface area contributed by atoms with Gasteiger partial charge in [-0.3, -0.25) is 0 Å². The Kier molecular flexibility index (Phi) is 7.66. The van der Waals surface area contributed by atoms with Crippen LogP contribution in [0.2, 0.25) is 0 Å². The highest BCUT2D eigenvalue weighted by Gasteiger charge is 2.34. The molecule has 5 nitrogen and oxygen atoms in total. The van der Waals surface area contributed by atoms with E-state index in [1.807, 2.05) is 0 Å². The summed E-state index contributed by atoms with van der Waals surface area (Å²) in [6.07, 6.45) is -4.23. The molecule has 1 aliphatic heterocycles. The van der Waals surface area contributed by atoms with Crippen molar-refractivity contribution in [2.45, 2.75) is 61.9 Å². The van der Waals surface area contributed by atoms with Gasteiger partial charge in [-0.25, -0.2) is 9.78 Å². The molecule has 1 aromatic carbocycles. The molecule has 0 saturated carbocycles. The molecule has 1 aromatic heterocycles. The molecule has 0 N–H and O–H groups in total. The number of amides is 1. The van der Waals surface area contributed by atoms with Crippen LogP contribution in [0, 0.1) is 0 Å². The molecule has 3 rings (SSSR count). The van der Waals surface area contributed by atoms with Gasteiger partial charge >= 0.3 is 18.0 Å². The zero-order valence-corrected chi connectivity index (χ0v) is 20.1. The van der Waals surface area contributed by atoms with Gasteiger partial charge in [0.15, 0.2) is 0 Å². The van der Waals surface area contributed by atoms with Crippen molar-refractivity contribution in [3.05, 3.63) is 28.6 Å². The van der Waals surface area contributed by atoms with Crippen LogP contribution in [-0.4, -0.2) is 46.5 Å². The zero-order valence-electron chi connectivity index (χ0n) is 18.4. The monoisotopic (exact) mass is 528 g/mol. The summed E-state index contributed by atoms with van der Waals surface area (Å²) in [7, 11) is 0. The molecule has 13 heteroatoms. The SMILES string of the molecule is CC(C)(C)OC(=O)N1CCC(c2nc(-c3cc(OC(F)(F)F)cc(SC(F)(F)F)c3)cs2)CC1. The van der Waals surface area contributed by atoms with Crippen molar-refractivity contribution in [3.8, 4) is 17.0 Å². The second kappa shape index (κ2) is 9.84. The van der Waals surface area contributed by atoms with E-state index in [0.29, 0.717) is 37.0 Å². The molecule has 1 amide bonds. The summed E-state index contributed by atoms with van der Waals surface area (Å²) in [6, 6.07) is 2.83. The molecular weight excluding hydrogens is 506 g/mol. The second-order valence-electron chi connectivity index (χ2n) is 8.60. The van der Waals surface area contributed by atoms with Crippen molar-refractivity contribution in [1.29, 1.82) is 0 Å². The largest absolute Gasteiger partial charge is 0.573 e. The predicted octanol–water partition coefficient (Wildman–Crippen LogP) is 7.44. The summed E-state index contributed by atoms with van der Waals surface area (Å²) < 4.78 is 85.7. The standard InChI is InChI=1S/C21H22F6N2O3S2/c1-19(2,3)32-18(30)29-6-4-12(5-7-29)17-28-16(11-33-17)13-8-14(31-20(22,23)24)10-15(9-13)34-21(25,26)27/h8-12H,4-7H2,1-3H3. The summed E-state index contributed by atoms with van der Waals surface area (Å²) in [5.74, 6) is -0.743. The molecule has 34 heavy (non-hydrogen) atoms. The number of rotatable bonds is 4. The van der Waals surface area contributed by atoms with Gasteiger partial charge in [-0.2, -0.15) is 13.2 Å². The molecular formula is C21H22F6N2O3S2. The van der Waals surface area contributed by atoms with Gasteiger partial charge in [0, 0.05) is 34.8 Å². The number of ether oxygens (including phenoxy) is 2. The van der Waals surface area contributed by atoms with Crippen LogP contribution in [-0.2, 0) is 4.74 Å². The van der Waals surface area contributed by atoms with Gasteiger partial charge in [0.2, 0.25) is 0 Å². The third-order valence-electron chi connectivity index (χ3n) is 4.66. The predicted molar refractivity (Wildman–Crippen MR) is 116 cm³/mol. The molecule has 2 aromatic rings. The fourth-order valence-electron chi connectivity index (χ4n) is 3.35. The van der Waals surface area contributed by atoms with Gasteiger partial charge in [0.1, 0.15) is 11.4 Å². The maximum Gasteiger partial charge on any atom is 0.573 e. The molecule has 0 atom stereocenters. The van der Waals surface area contributed by atoms with Crippen molar-refractivity contribution < 1.29 is 40.6 Å². The van der Waals surface area contributed by atoms with Crippen LogP contribution in [0.15, 0.2) is 28.5 Å².